The van der Waals surface area contributed by atoms with Crippen LogP contribution in [0.25, 0.3) is 11.8 Å². The molecule has 4 aromatic carbocycles. The number of rotatable bonds is 44. The predicted octanol–water partition coefficient (Wildman–Crippen LogP) is 18.1. The van der Waals surface area contributed by atoms with E-state index in [0.717, 1.165) is 73.2 Å². The van der Waals surface area contributed by atoms with Crippen LogP contribution >= 0.6 is 0 Å². The van der Waals surface area contributed by atoms with Crippen LogP contribution in [0.15, 0.2) is 142 Å². The van der Waals surface area contributed by atoms with Crippen molar-refractivity contribution in [3.8, 4) is 34.6 Å². The number of hydrogen-bond acceptors (Lipinski definition) is 12. The van der Waals surface area contributed by atoms with Gasteiger partial charge in [-0.1, -0.05) is 248 Å². The van der Waals surface area contributed by atoms with Crippen molar-refractivity contribution in [2.75, 3.05) is 10.3 Å². The molecule has 494 valence electrons. The molecule has 91 heavy (non-hydrogen) atoms. The van der Waals surface area contributed by atoms with E-state index in [1.807, 2.05) is 0 Å². The first kappa shape index (κ1) is 72.7. The van der Waals surface area contributed by atoms with E-state index in [1.165, 1.54) is 183 Å². The van der Waals surface area contributed by atoms with Crippen molar-refractivity contribution in [1.82, 2.24) is 15.1 Å². The Morgan fingerprint density at radius 2 is 0.901 bits per heavy atom. The number of unbranched alkanes of at least 4 members (excludes halogenated alkanes) is 28. The number of hydrazone groups is 1. The molecule has 18 nitrogen and oxygen atoms in total. The number of allylic oxidation sites excluding steroid dienone is 4. The van der Waals surface area contributed by atoms with Crippen LogP contribution in [0.3, 0.4) is 0 Å². The van der Waals surface area contributed by atoms with E-state index in [9.17, 15) is 45.4 Å². The van der Waals surface area contributed by atoms with E-state index in [4.69, 9.17) is 9.47 Å². The van der Waals surface area contributed by atoms with E-state index in [1.54, 1.807) is 60.7 Å². The third-order valence-electron chi connectivity index (χ3n) is 15.9. The van der Waals surface area contributed by atoms with Gasteiger partial charge in [0.1, 0.15) is 32.8 Å². The summed E-state index contributed by atoms with van der Waals surface area (Å²) >= 11 is 0. The topological polar surface area (TPSA) is 256 Å². The third-order valence-corrected chi connectivity index (χ3v) is 17.6. The molecule has 0 atom stereocenters. The summed E-state index contributed by atoms with van der Waals surface area (Å²) in [5.74, 6) is -1.93. The van der Waals surface area contributed by atoms with E-state index in [0.29, 0.717) is 24.3 Å². The van der Waals surface area contributed by atoms with Gasteiger partial charge >= 0.3 is 0 Å². The summed E-state index contributed by atoms with van der Waals surface area (Å²) < 4.78 is 84.3. The number of para-hydroxylation sites is 2. The van der Waals surface area contributed by atoms with Crippen LogP contribution in [-0.4, -0.2) is 64.4 Å². The number of carbonyl (C=O) groups is 3. The Morgan fingerprint density at radius 3 is 1.33 bits per heavy atom. The highest BCUT2D eigenvalue weighted by molar-refractivity contribution is 7.86. The molecule has 0 unspecified atom stereocenters. The number of nitrogens with zero attached hydrogens (tertiary/aromatic N) is 4. The number of amidine groups is 1. The minimum Gasteiger partial charge on any atom is -0.493 e. The smallest absolute Gasteiger partial charge is 0.298 e. The normalized spacial score (nSPS) is 13.2. The van der Waals surface area contributed by atoms with E-state index in [2.05, 4.69) is 34.7 Å². The van der Waals surface area contributed by atoms with Crippen LogP contribution in [0.4, 0.5) is 11.5 Å². The number of hydrogen-bond donors (Lipinski definition) is 5. The zero-order valence-corrected chi connectivity index (χ0v) is 55.0. The average Bonchev–Trinajstić information content (AvgIpc) is 1.75. The van der Waals surface area contributed by atoms with Crippen molar-refractivity contribution >= 4 is 61.4 Å². The van der Waals surface area contributed by atoms with E-state index < -0.39 is 41.8 Å². The van der Waals surface area contributed by atoms with Crippen molar-refractivity contribution in [3.05, 3.63) is 133 Å². The highest BCUT2D eigenvalue weighted by Gasteiger charge is 2.33. The maximum Gasteiger partial charge on any atom is 0.298 e. The van der Waals surface area contributed by atoms with Crippen LogP contribution in [0.2, 0.25) is 0 Å². The average molecular weight is 1290 g/mol. The lowest BCUT2D eigenvalue weighted by molar-refractivity contribution is -0.120. The van der Waals surface area contributed by atoms with Gasteiger partial charge in [0, 0.05) is 12.8 Å². The first-order chi connectivity index (χ1) is 44.1. The Bertz CT molecular complexity index is 3420. The standard InChI is InChI=1S/C71H96N6O12S2/c1-3-5-7-9-11-13-15-17-19-21-23-25-27-29-40-48-66(78)72-68-60(70(80)76(74-68)56-50-52-62(64(54-56)90(82,83)84)88-58-42-34-31-35-43-58)46-38-33-39-47-61-69(73-67(79)49-41-30-28-26-24-22-20-18-16-14-12-10-8-6-4-2)75-77(71(61)81)57-51-53-63(65(55-57)91(85,86)87)89-59-44-36-32-37-45-59/h31-39,42-47,50-55,80H,3-30,40-41,48-49H2,1-2H3,(H,72,74,78)(H,73,75,79)(H,82,83,84)(H,85,86,87). The first-order valence-electron chi connectivity index (χ1n) is 33.2. The van der Waals surface area contributed by atoms with Crippen molar-refractivity contribution in [2.45, 2.75) is 229 Å². The number of benzene rings is 4. The molecule has 5 N–H and O–H groups in total. The summed E-state index contributed by atoms with van der Waals surface area (Å²) in [6.45, 7) is 4.47. The number of amides is 3. The number of aromatic nitrogens is 2. The van der Waals surface area contributed by atoms with Gasteiger partial charge in [0.05, 0.1) is 22.5 Å². The largest absolute Gasteiger partial charge is 0.493 e. The molecule has 0 fully saturated rings. The molecular weight excluding hydrogens is 1190 g/mol. The van der Waals surface area contributed by atoms with Gasteiger partial charge in [0.2, 0.25) is 17.7 Å². The molecule has 1 aliphatic heterocycles. The molecule has 20 heteroatoms. The number of carbonyl (C=O) groups excluding carboxylic acids is 3. The van der Waals surface area contributed by atoms with Crippen LogP contribution in [-0.2, 0) is 34.6 Å². The maximum atomic E-state index is 14.3. The van der Waals surface area contributed by atoms with E-state index in [-0.39, 0.29) is 70.3 Å². The van der Waals surface area contributed by atoms with Gasteiger partial charge in [-0.15, -0.1) is 10.2 Å². The number of nitrogens with one attached hydrogen (secondary N) is 2. The molecule has 0 radical (unpaired) electrons. The highest BCUT2D eigenvalue weighted by atomic mass is 32.2. The predicted molar refractivity (Wildman–Crippen MR) is 361 cm³/mol. The van der Waals surface area contributed by atoms with Crippen molar-refractivity contribution < 1.29 is 54.9 Å². The zero-order chi connectivity index (χ0) is 65.1. The third kappa shape index (κ3) is 25.7. The lowest BCUT2D eigenvalue weighted by Gasteiger charge is -2.15. The molecular formula is C71H96N6O12S2. The summed E-state index contributed by atoms with van der Waals surface area (Å²) in [4.78, 5) is 40.2. The number of ether oxygens (including phenoxy) is 2. The molecule has 1 aliphatic rings. The maximum absolute atomic E-state index is 14.3. The quantitative estimate of drug-likeness (QED) is 0.0105. The molecule has 5 aromatic rings. The molecule has 0 spiro atoms. The van der Waals surface area contributed by atoms with Gasteiger partial charge in [0.15, 0.2) is 11.7 Å². The summed E-state index contributed by atoms with van der Waals surface area (Å²) in [6, 6.07) is 24.3. The van der Waals surface area contributed by atoms with Crippen molar-refractivity contribution in [1.29, 1.82) is 0 Å². The molecule has 0 saturated carbocycles. The zero-order valence-electron chi connectivity index (χ0n) is 53.4. The van der Waals surface area contributed by atoms with Gasteiger partial charge in [0.25, 0.3) is 26.1 Å². The van der Waals surface area contributed by atoms with E-state index >= 15 is 0 Å². The van der Waals surface area contributed by atoms with Gasteiger partial charge in [-0.25, -0.2) is 0 Å². The monoisotopic (exact) mass is 1290 g/mol. The molecule has 2 heterocycles. The van der Waals surface area contributed by atoms with Crippen LogP contribution < -0.4 is 25.1 Å². The van der Waals surface area contributed by atoms with Gasteiger partial charge in [-0.2, -0.15) is 26.5 Å². The van der Waals surface area contributed by atoms with Gasteiger partial charge in [-0.3, -0.25) is 23.5 Å². The molecule has 1 aromatic heterocycles. The Morgan fingerprint density at radius 1 is 0.505 bits per heavy atom. The minimum atomic E-state index is -4.91. The molecule has 0 bridgehead atoms. The Kier molecular flexibility index (Phi) is 31.8. The Hall–Kier alpha value is -7.39. The minimum absolute atomic E-state index is 0.00295. The number of aromatic hydroxyl groups is 1. The molecule has 0 aliphatic carbocycles. The summed E-state index contributed by atoms with van der Waals surface area (Å²) in [7, 11) is -9.79. The molecule has 0 saturated heterocycles. The highest BCUT2D eigenvalue weighted by Crippen LogP contribution is 2.37. The van der Waals surface area contributed by atoms with Gasteiger partial charge < -0.3 is 25.2 Å². The van der Waals surface area contributed by atoms with Crippen LogP contribution in [0.1, 0.15) is 225 Å². The summed E-state index contributed by atoms with van der Waals surface area (Å²) in [6.07, 6.45) is 42.8. The fourth-order valence-corrected chi connectivity index (χ4v) is 12.1. The van der Waals surface area contributed by atoms with Crippen molar-refractivity contribution in [3.63, 3.8) is 0 Å². The summed E-state index contributed by atoms with van der Waals surface area (Å²) in [5, 5.41) is 27.2. The lowest BCUT2D eigenvalue weighted by atomic mass is 10.0. The van der Waals surface area contributed by atoms with Gasteiger partial charge in [-0.05, 0) is 85.7 Å². The number of anilines is 2. The van der Waals surface area contributed by atoms with Crippen molar-refractivity contribution in [2.24, 2.45) is 5.10 Å². The lowest BCUT2D eigenvalue weighted by Crippen LogP contribution is -2.31. The second kappa shape index (κ2) is 39.8. The Balaban J connectivity index is 1.17. The molecule has 3 amide bonds. The second-order valence-electron chi connectivity index (χ2n) is 23.4. The first-order valence-corrected chi connectivity index (χ1v) is 36.0. The fourth-order valence-electron chi connectivity index (χ4n) is 10.8. The van der Waals surface area contributed by atoms with Crippen LogP contribution in [0.5, 0.6) is 28.9 Å². The second-order valence-corrected chi connectivity index (χ2v) is 26.2. The Labute approximate surface area is 540 Å². The summed E-state index contributed by atoms with van der Waals surface area (Å²) in [5.41, 5.74) is -0.0819. The SMILES string of the molecule is CCCCCCCCCCCCCCCCCC(=O)NC1=NN(c2ccc(Oc3ccccc3)c(S(=O)(=O)O)c2)C(=O)C1=CC=CC=Cc1c(NC(=O)CCCCCCCCCCCCCCCCC)nn(-c2ccc(Oc3ccccc3)c(S(=O)(=O)O)c2)c1O. The molecule has 6 rings (SSSR count). The van der Waals surface area contributed by atoms with Crippen LogP contribution in [0, 0.1) is 0 Å². The fraction of sp³-hybridized carbons (Fsp3) is 0.479.